The molecule has 1 aliphatic heterocycles. The number of aliphatic hydroxyl groups is 1. The zero-order valence-electron chi connectivity index (χ0n) is 11.0. The third kappa shape index (κ3) is 5.77. The van der Waals surface area contributed by atoms with Gasteiger partial charge in [0.1, 0.15) is 0 Å². The maximum atomic E-state index is 10.8. The topological polar surface area (TPSA) is 73.2 Å². The van der Waals surface area contributed by atoms with Gasteiger partial charge in [0, 0.05) is 39.3 Å². The van der Waals surface area contributed by atoms with Crippen LogP contribution in [0, 0.1) is 5.92 Å². The molecule has 18 heavy (non-hydrogen) atoms. The molecule has 1 rings (SSSR count). The summed E-state index contributed by atoms with van der Waals surface area (Å²) in [5, 5.41) is 17.9. The van der Waals surface area contributed by atoms with Crippen LogP contribution in [0.25, 0.3) is 0 Å². The van der Waals surface area contributed by atoms with Crippen LogP contribution in [-0.4, -0.2) is 85.1 Å². The van der Waals surface area contributed by atoms with Crippen LogP contribution in [0.4, 0.5) is 0 Å². The lowest BCUT2D eigenvalue weighted by Gasteiger charge is -2.30. The van der Waals surface area contributed by atoms with E-state index in [2.05, 4.69) is 4.90 Å². The summed E-state index contributed by atoms with van der Waals surface area (Å²) < 4.78 is 5.28. The van der Waals surface area contributed by atoms with E-state index in [0.29, 0.717) is 13.1 Å². The van der Waals surface area contributed by atoms with Crippen LogP contribution in [0.15, 0.2) is 0 Å². The molecule has 1 unspecified atom stereocenters. The molecule has 0 bridgehead atoms. The van der Waals surface area contributed by atoms with E-state index in [0.717, 1.165) is 39.4 Å². The predicted octanol–water partition coefficient (Wildman–Crippen LogP) is -0.666. The molecule has 0 saturated carbocycles. The van der Waals surface area contributed by atoms with Crippen molar-refractivity contribution in [1.82, 2.24) is 9.80 Å². The van der Waals surface area contributed by atoms with Crippen molar-refractivity contribution < 1.29 is 19.7 Å². The lowest BCUT2D eigenvalue weighted by Crippen LogP contribution is -2.43. The Morgan fingerprint density at radius 2 is 2.06 bits per heavy atom. The largest absolute Gasteiger partial charge is 0.481 e. The third-order valence-electron chi connectivity index (χ3n) is 3.21. The summed E-state index contributed by atoms with van der Waals surface area (Å²) in [5.41, 5.74) is 0. The van der Waals surface area contributed by atoms with E-state index >= 15 is 0 Å². The summed E-state index contributed by atoms with van der Waals surface area (Å²) in [6.45, 7) is 7.87. The Balaban J connectivity index is 2.29. The van der Waals surface area contributed by atoms with Crippen molar-refractivity contribution in [2.24, 2.45) is 5.92 Å². The van der Waals surface area contributed by atoms with Crippen molar-refractivity contribution >= 4 is 5.97 Å². The molecule has 6 heteroatoms. The summed E-state index contributed by atoms with van der Waals surface area (Å²) in [7, 11) is 0. The third-order valence-corrected chi connectivity index (χ3v) is 3.21. The number of hydrogen-bond donors (Lipinski definition) is 2. The van der Waals surface area contributed by atoms with Gasteiger partial charge >= 0.3 is 5.97 Å². The molecule has 0 aliphatic carbocycles. The van der Waals surface area contributed by atoms with E-state index < -0.39 is 11.9 Å². The standard InChI is InChI=1S/C12H24N2O4/c1-11(12(16)17)10-14(4-7-15)3-2-13-5-8-18-9-6-13/h11,15H,2-10H2,1H3,(H,16,17). The van der Waals surface area contributed by atoms with Gasteiger partial charge in [0.05, 0.1) is 25.7 Å². The summed E-state index contributed by atoms with van der Waals surface area (Å²) in [6.07, 6.45) is 0. The smallest absolute Gasteiger partial charge is 0.307 e. The number of rotatable bonds is 8. The summed E-state index contributed by atoms with van der Waals surface area (Å²) in [5.74, 6) is -1.19. The first-order valence-corrected chi connectivity index (χ1v) is 6.49. The first-order chi connectivity index (χ1) is 8.63. The van der Waals surface area contributed by atoms with Crippen molar-refractivity contribution in [2.75, 3.05) is 59.1 Å². The Labute approximate surface area is 108 Å². The van der Waals surface area contributed by atoms with Gasteiger partial charge in [0.25, 0.3) is 0 Å². The molecule has 0 amide bonds. The molecular formula is C12H24N2O4. The number of carboxylic acids is 1. The van der Waals surface area contributed by atoms with Gasteiger partial charge in [-0.3, -0.25) is 14.6 Å². The van der Waals surface area contributed by atoms with Crippen molar-refractivity contribution in [3.05, 3.63) is 0 Å². The fourth-order valence-electron chi connectivity index (χ4n) is 2.01. The zero-order valence-corrected chi connectivity index (χ0v) is 11.0. The molecule has 0 radical (unpaired) electrons. The SMILES string of the molecule is CC(CN(CCO)CCN1CCOCC1)C(=O)O. The highest BCUT2D eigenvalue weighted by atomic mass is 16.5. The Morgan fingerprint density at radius 3 is 2.61 bits per heavy atom. The van der Waals surface area contributed by atoms with Crippen LogP contribution < -0.4 is 0 Å². The highest BCUT2D eigenvalue weighted by molar-refractivity contribution is 5.69. The van der Waals surface area contributed by atoms with Crippen LogP contribution in [0.3, 0.4) is 0 Å². The fourth-order valence-corrected chi connectivity index (χ4v) is 2.01. The second-order valence-corrected chi connectivity index (χ2v) is 4.72. The maximum Gasteiger partial charge on any atom is 0.307 e. The Kier molecular flexibility index (Phi) is 7.19. The van der Waals surface area contributed by atoms with Crippen LogP contribution in [-0.2, 0) is 9.53 Å². The second kappa shape index (κ2) is 8.42. The predicted molar refractivity (Wildman–Crippen MR) is 67.6 cm³/mol. The molecule has 1 atom stereocenters. The van der Waals surface area contributed by atoms with Crippen LogP contribution >= 0.6 is 0 Å². The van der Waals surface area contributed by atoms with Gasteiger partial charge in [-0.25, -0.2) is 0 Å². The summed E-state index contributed by atoms with van der Waals surface area (Å²) in [4.78, 5) is 15.1. The second-order valence-electron chi connectivity index (χ2n) is 4.72. The Bertz CT molecular complexity index is 244. The quantitative estimate of drug-likeness (QED) is 0.603. The van der Waals surface area contributed by atoms with Crippen molar-refractivity contribution in [2.45, 2.75) is 6.92 Å². The highest BCUT2D eigenvalue weighted by Gasteiger charge is 2.17. The lowest BCUT2D eigenvalue weighted by molar-refractivity contribution is -0.141. The molecule has 1 saturated heterocycles. The summed E-state index contributed by atoms with van der Waals surface area (Å²) >= 11 is 0. The number of carboxylic acid groups (broad SMARTS) is 1. The molecule has 6 nitrogen and oxygen atoms in total. The van der Waals surface area contributed by atoms with Gasteiger partial charge in [-0.05, 0) is 0 Å². The van der Waals surface area contributed by atoms with Crippen molar-refractivity contribution in [3.63, 3.8) is 0 Å². The number of nitrogens with zero attached hydrogens (tertiary/aromatic N) is 2. The first kappa shape index (κ1) is 15.4. The molecule has 0 aromatic heterocycles. The first-order valence-electron chi connectivity index (χ1n) is 6.49. The zero-order chi connectivity index (χ0) is 13.4. The molecule has 1 heterocycles. The molecule has 2 N–H and O–H groups in total. The molecule has 0 aromatic rings. The van der Waals surface area contributed by atoms with Crippen LogP contribution in [0.2, 0.25) is 0 Å². The molecule has 0 aromatic carbocycles. The van der Waals surface area contributed by atoms with Gasteiger partial charge in [-0.15, -0.1) is 0 Å². The average Bonchev–Trinajstić information content (AvgIpc) is 2.37. The fraction of sp³-hybridized carbons (Fsp3) is 0.917. The molecule has 1 fully saturated rings. The van der Waals surface area contributed by atoms with Crippen molar-refractivity contribution in [1.29, 1.82) is 0 Å². The van der Waals surface area contributed by atoms with E-state index in [4.69, 9.17) is 14.9 Å². The minimum Gasteiger partial charge on any atom is -0.481 e. The minimum atomic E-state index is -0.788. The minimum absolute atomic E-state index is 0.0649. The normalized spacial score (nSPS) is 19.1. The molecule has 1 aliphatic rings. The highest BCUT2D eigenvalue weighted by Crippen LogP contribution is 2.02. The van der Waals surface area contributed by atoms with Crippen molar-refractivity contribution in [3.8, 4) is 0 Å². The maximum absolute atomic E-state index is 10.8. The average molecular weight is 260 g/mol. The van der Waals surface area contributed by atoms with E-state index in [1.807, 2.05) is 4.90 Å². The Hall–Kier alpha value is -0.690. The van der Waals surface area contributed by atoms with Crippen LogP contribution in [0.1, 0.15) is 6.92 Å². The van der Waals surface area contributed by atoms with E-state index in [9.17, 15) is 4.79 Å². The Morgan fingerprint density at radius 1 is 1.39 bits per heavy atom. The van der Waals surface area contributed by atoms with Gasteiger partial charge in [0.15, 0.2) is 0 Å². The van der Waals surface area contributed by atoms with E-state index in [1.54, 1.807) is 6.92 Å². The monoisotopic (exact) mass is 260 g/mol. The molecule has 0 spiro atoms. The number of ether oxygens (including phenoxy) is 1. The van der Waals surface area contributed by atoms with Gasteiger partial charge in [0.2, 0.25) is 0 Å². The number of carbonyl (C=O) groups is 1. The number of aliphatic carboxylic acids is 1. The van der Waals surface area contributed by atoms with E-state index in [1.165, 1.54) is 0 Å². The number of morpholine rings is 1. The van der Waals surface area contributed by atoms with Crippen LogP contribution in [0.5, 0.6) is 0 Å². The molecule has 106 valence electrons. The van der Waals surface area contributed by atoms with Gasteiger partial charge < -0.3 is 14.9 Å². The van der Waals surface area contributed by atoms with Gasteiger partial charge in [-0.1, -0.05) is 6.92 Å². The number of aliphatic hydroxyl groups excluding tert-OH is 1. The molecular weight excluding hydrogens is 236 g/mol. The number of hydrogen-bond acceptors (Lipinski definition) is 5. The lowest BCUT2D eigenvalue weighted by atomic mass is 10.1. The van der Waals surface area contributed by atoms with E-state index in [-0.39, 0.29) is 6.61 Å². The van der Waals surface area contributed by atoms with Gasteiger partial charge in [-0.2, -0.15) is 0 Å². The summed E-state index contributed by atoms with van der Waals surface area (Å²) in [6, 6.07) is 0.